The van der Waals surface area contributed by atoms with Crippen LogP contribution in [0.5, 0.6) is 0 Å². The van der Waals surface area contributed by atoms with Gasteiger partial charge in [0, 0.05) is 26.2 Å². The number of hydrogen-bond donors (Lipinski definition) is 0. The van der Waals surface area contributed by atoms with Gasteiger partial charge in [-0.15, -0.1) is 0 Å². The summed E-state index contributed by atoms with van der Waals surface area (Å²) in [6, 6.07) is 0.249. The molecule has 0 unspecified atom stereocenters. The van der Waals surface area contributed by atoms with Gasteiger partial charge in [0.15, 0.2) is 0 Å². The molecule has 1 fully saturated rings. The van der Waals surface area contributed by atoms with Gasteiger partial charge in [0.25, 0.3) is 0 Å². The Kier molecular flexibility index (Phi) is 3.98. The maximum Gasteiger partial charge on any atom is 0.320 e. The summed E-state index contributed by atoms with van der Waals surface area (Å²) in [5.74, 6) is 0. The van der Waals surface area contributed by atoms with E-state index in [-0.39, 0.29) is 11.4 Å². The lowest BCUT2D eigenvalue weighted by molar-refractivity contribution is 0.145. The molecule has 2 aliphatic rings. The Morgan fingerprint density at radius 2 is 1.72 bits per heavy atom. The molecule has 0 aromatic heterocycles. The Labute approximate surface area is 111 Å². The summed E-state index contributed by atoms with van der Waals surface area (Å²) in [6.07, 6.45) is 6.90. The van der Waals surface area contributed by atoms with Crippen LogP contribution in [-0.2, 0) is 0 Å². The molecular formula is C15H26N2O. The average Bonchev–Trinajstić information content (AvgIpc) is 2.38. The smallest absolute Gasteiger partial charge is 0.320 e. The molecule has 0 radical (unpaired) electrons. The predicted molar refractivity (Wildman–Crippen MR) is 74.5 cm³/mol. The molecule has 0 atom stereocenters. The quantitative estimate of drug-likeness (QED) is 0.605. The van der Waals surface area contributed by atoms with Gasteiger partial charge < -0.3 is 9.80 Å². The van der Waals surface area contributed by atoms with E-state index < -0.39 is 0 Å². The van der Waals surface area contributed by atoms with Crippen LogP contribution in [0.15, 0.2) is 11.6 Å². The standard InChI is InChI=1S/C15H26N2O/c1-15(2,3)13-7-11-17(12-8-13)14(18)16-9-5-4-6-10-16/h7H,4-6,8-12H2,1-3H3. The second-order valence-corrected chi connectivity index (χ2v) is 6.51. The minimum absolute atomic E-state index is 0.249. The average molecular weight is 250 g/mol. The van der Waals surface area contributed by atoms with Crippen molar-refractivity contribution in [3.05, 3.63) is 11.6 Å². The van der Waals surface area contributed by atoms with E-state index in [1.165, 1.54) is 24.8 Å². The summed E-state index contributed by atoms with van der Waals surface area (Å²) < 4.78 is 0. The molecule has 0 aliphatic carbocycles. The summed E-state index contributed by atoms with van der Waals surface area (Å²) in [7, 11) is 0. The second kappa shape index (κ2) is 5.33. The van der Waals surface area contributed by atoms with Crippen molar-refractivity contribution in [3.63, 3.8) is 0 Å². The molecule has 0 spiro atoms. The van der Waals surface area contributed by atoms with Crippen LogP contribution < -0.4 is 0 Å². The Morgan fingerprint density at radius 3 is 2.22 bits per heavy atom. The molecule has 2 heterocycles. The van der Waals surface area contributed by atoms with Crippen LogP contribution >= 0.6 is 0 Å². The van der Waals surface area contributed by atoms with Gasteiger partial charge in [0.1, 0.15) is 0 Å². The molecule has 0 aromatic carbocycles. The first-order valence-corrected chi connectivity index (χ1v) is 7.22. The highest BCUT2D eigenvalue weighted by Crippen LogP contribution is 2.30. The Morgan fingerprint density at radius 1 is 1.06 bits per heavy atom. The zero-order valence-electron chi connectivity index (χ0n) is 12.0. The van der Waals surface area contributed by atoms with Crippen LogP contribution in [0.1, 0.15) is 46.5 Å². The molecule has 18 heavy (non-hydrogen) atoms. The van der Waals surface area contributed by atoms with E-state index in [0.717, 1.165) is 32.6 Å². The van der Waals surface area contributed by atoms with Crippen molar-refractivity contribution < 1.29 is 4.79 Å². The number of carbonyl (C=O) groups is 1. The van der Waals surface area contributed by atoms with Crippen LogP contribution in [0, 0.1) is 5.41 Å². The van der Waals surface area contributed by atoms with E-state index >= 15 is 0 Å². The number of urea groups is 1. The summed E-state index contributed by atoms with van der Waals surface area (Å²) >= 11 is 0. The van der Waals surface area contributed by atoms with Crippen LogP contribution in [0.2, 0.25) is 0 Å². The molecule has 0 saturated carbocycles. The normalized spacial score (nSPS) is 21.8. The molecular weight excluding hydrogens is 224 g/mol. The third kappa shape index (κ3) is 3.06. The zero-order valence-corrected chi connectivity index (χ0v) is 12.0. The highest BCUT2D eigenvalue weighted by molar-refractivity contribution is 5.75. The van der Waals surface area contributed by atoms with Gasteiger partial charge in [0.2, 0.25) is 0 Å². The van der Waals surface area contributed by atoms with E-state index in [2.05, 4.69) is 26.8 Å². The maximum atomic E-state index is 12.3. The SMILES string of the molecule is CC(C)(C)C1=CCN(C(=O)N2CCCCC2)CC1. The van der Waals surface area contributed by atoms with E-state index in [4.69, 9.17) is 0 Å². The van der Waals surface area contributed by atoms with Crippen molar-refractivity contribution in [2.75, 3.05) is 26.2 Å². The van der Waals surface area contributed by atoms with Crippen molar-refractivity contribution in [3.8, 4) is 0 Å². The van der Waals surface area contributed by atoms with Crippen LogP contribution in [-0.4, -0.2) is 42.0 Å². The number of carbonyl (C=O) groups excluding carboxylic acids is 1. The predicted octanol–water partition coefficient (Wildman–Crippen LogP) is 3.27. The van der Waals surface area contributed by atoms with Crippen molar-refractivity contribution in [2.24, 2.45) is 5.41 Å². The number of likely N-dealkylation sites (tertiary alicyclic amines) is 1. The van der Waals surface area contributed by atoms with Crippen molar-refractivity contribution in [2.45, 2.75) is 46.5 Å². The van der Waals surface area contributed by atoms with Crippen LogP contribution in [0.4, 0.5) is 4.79 Å². The van der Waals surface area contributed by atoms with Crippen LogP contribution in [0.25, 0.3) is 0 Å². The van der Waals surface area contributed by atoms with E-state index in [1.54, 1.807) is 0 Å². The minimum atomic E-state index is 0.249. The molecule has 2 rings (SSSR count). The van der Waals surface area contributed by atoms with Gasteiger partial charge in [0.05, 0.1) is 0 Å². The number of hydrogen-bond acceptors (Lipinski definition) is 1. The maximum absolute atomic E-state index is 12.3. The summed E-state index contributed by atoms with van der Waals surface area (Å²) in [5, 5.41) is 0. The fraction of sp³-hybridized carbons (Fsp3) is 0.800. The Balaban J connectivity index is 1.92. The fourth-order valence-electron chi connectivity index (χ4n) is 2.81. The minimum Gasteiger partial charge on any atom is -0.325 e. The lowest BCUT2D eigenvalue weighted by Gasteiger charge is -2.36. The zero-order chi connectivity index (χ0) is 13.2. The topological polar surface area (TPSA) is 23.6 Å². The van der Waals surface area contributed by atoms with Gasteiger partial charge in [-0.2, -0.15) is 0 Å². The number of nitrogens with zero attached hydrogens (tertiary/aromatic N) is 2. The van der Waals surface area contributed by atoms with E-state index in [1.807, 2.05) is 9.80 Å². The largest absolute Gasteiger partial charge is 0.325 e. The molecule has 0 bridgehead atoms. The van der Waals surface area contributed by atoms with E-state index in [0.29, 0.717) is 0 Å². The number of rotatable bonds is 0. The van der Waals surface area contributed by atoms with Crippen molar-refractivity contribution in [1.82, 2.24) is 9.80 Å². The monoisotopic (exact) mass is 250 g/mol. The highest BCUT2D eigenvalue weighted by atomic mass is 16.2. The molecule has 3 heteroatoms. The van der Waals surface area contributed by atoms with Gasteiger partial charge in [-0.05, 0) is 31.1 Å². The highest BCUT2D eigenvalue weighted by Gasteiger charge is 2.26. The fourth-order valence-corrected chi connectivity index (χ4v) is 2.81. The van der Waals surface area contributed by atoms with Gasteiger partial charge in [-0.25, -0.2) is 4.79 Å². The van der Waals surface area contributed by atoms with Crippen molar-refractivity contribution >= 4 is 6.03 Å². The Bertz CT molecular complexity index is 335. The molecule has 2 amide bonds. The molecule has 1 saturated heterocycles. The van der Waals surface area contributed by atoms with Gasteiger partial charge in [-0.3, -0.25) is 0 Å². The lowest BCUT2D eigenvalue weighted by Crippen LogP contribution is -2.47. The molecule has 0 aromatic rings. The van der Waals surface area contributed by atoms with Crippen LogP contribution in [0.3, 0.4) is 0 Å². The first-order chi connectivity index (χ1) is 8.48. The summed E-state index contributed by atoms with van der Waals surface area (Å²) in [6.45, 7) is 10.3. The number of amides is 2. The second-order valence-electron chi connectivity index (χ2n) is 6.51. The molecule has 2 aliphatic heterocycles. The molecule has 0 N–H and O–H groups in total. The number of piperidine rings is 1. The van der Waals surface area contributed by atoms with Crippen molar-refractivity contribution in [1.29, 1.82) is 0 Å². The first-order valence-electron chi connectivity index (χ1n) is 7.22. The van der Waals surface area contributed by atoms with E-state index in [9.17, 15) is 4.79 Å². The third-order valence-electron chi connectivity index (χ3n) is 4.07. The lowest BCUT2D eigenvalue weighted by atomic mass is 9.83. The Hall–Kier alpha value is -0.990. The van der Waals surface area contributed by atoms with Gasteiger partial charge >= 0.3 is 6.03 Å². The third-order valence-corrected chi connectivity index (χ3v) is 4.07. The first kappa shape index (κ1) is 13.4. The molecule has 3 nitrogen and oxygen atoms in total. The van der Waals surface area contributed by atoms with Gasteiger partial charge in [-0.1, -0.05) is 32.4 Å². The summed E-state index contributed by atoms with van der Waals surface area (Å²) in [4.78, 5) is 16.4. The molecule has 102 valence electrons. The summed E-state index contributed by atoms with van der Waals surface area (Å²) in [5.41, 5.74) is 1.74.